The third kappa shape index (κ3) is 6.17. The van der Waals surface area contributed by atoms with Gasteiger partial charge in [-0.25, -0.2) is 4.98 Å². The highest BCUT2D eigenvalue weighted by Crippen LogP contribution is 2.29. The number of hydrogen-bond acceptors (Lipinski definition) is 4. The maximum atomic E-state index is 12.2. The van der Waals surface area contributed by atoms with Gasteiger partial charge >= 0.3 is 0 Å². The van der Waals surface area contributed by atoms with Crippen LogP contribution in [-0.2, 0) is 16.0 Å². The molecule has 27 heavy (non-hydrogen) atoms. The van der Waals surface area contributed by atoms with Crippen LogP contribution in [0.15, 0.2) is 29.6 Å². The van der Waals surface area contributed by atoms with Crippen LogP contribution in [-0.4, -0.2) is 23.3 Å². The number of carbonyl (C=O) groups is 2. The molecule has 1 heterocycles. The largest absolute Gasteiger partial charge is 0.356 e. The second-order valence-electron chi connectivity index (χ2n) is 7.22. The van der Waals surface area contributed by atoms with E-state index in [1.54, 1.807) is 0 Å². The second-order valence-corrected chi connectivity index (χ2v) is 8.08. The van der Waals surface area contributed by atoms with Crippen LogP contribution in [0.1, 0.15) is 51.0 Å². The fraction of sp³-hybridized carbons (Fsp3) is 0.476. The molecule has 5 nitrogen and oxygen atoms in total. The van der Waals surface area contributed by atoms with Gasteiger partial charge in [-0.3, -0.25) is 9.59 Å². The summed E-state index contributed by atoms with van der Waals surface area (Å²) in [6.07, 6.45) is 7.32. The van der Waals surface area contributed by atoms with Gasteiger partial charge < -0.3 is 10.6 Å². The molecule has 3 rings (SSSR count). The first-order chi connectivity index (χ1) is 13.1. The van der Waals surface area contributed by atoms with Crippen LogP contribution in [0.25, 0.3) is 11.3 Å². The van der Waals surface area contributed by atoms with Gasteiger partial charge in [0, 0.05) is 30.8 Å². The molecule has 1 fully saturated rings. The molecule has 0 saturated heterocycles. The lowest BCUT2D eigenvalue weighted by atomic mass is 10.0. The predicted octanol–water partition coefficient (Wildman–Crippen LogP) is 4.40. The van der Waals surface area contributed by atoms with E-state index in [0.717, 1.165) is 24.1 Å². The van der Waals surface area contributed by atoms with E-state index in [9.17, 15) is 9.59 Å². The number of nitrogens with one attached hydrogen (secondary N) is 2. The molecule has 0 bridgehead atoms. The number of benzene rings is 1. The standard InChI is InChI=1S/C21H27N3O2S/c1-15(25)22-12-4-7-16-8-10-18(11-9-16)19-14-27-21(23-19)24-20(26)13-17-5-2-3-6-17/h8-11,14,17H,2-7,12-13H2,1H3,(H,22,25)(H,23,24,26). The minimum Gasteiger partial charge on any atom is -0.356 e. The molecule has 0 radical (unpaired) electrons. The fourth-order valence-electron chi connectivity index (χ4n) is 3.51. The molecule has 1 saturated carbocycles. The lowest BCUT2D eigenvalue weighted by Gasteiger charge is -2.07. The first kappa shape index (κ1) is 19.5. The van der Waals surface area contributed by atoms with E-state index in [-0.39, 0.29) is 11.8 Å². The van der Waals surface area contributed by atoms with Gasteiger partial charge in [0.2, 0.25) is 11.8 Å². The third-order valence-electron chi connectivity index (χ3n) is 4.97. The summed E-state index contributed by atoms with van der Waals surface area (Å²) >= 11 is 1.47. The zero-order valence-corrected chi connectivity index (χ0v) is 16.6. The number of hydrogen-bond donors (Lipinski definition) is 2. The molecule has 0 spiro atoms. The Hall–Kier alpha value is -2.21. The number of anilines is 1. The van der Waals surface area contributed by atoms with Crippen LogP contribution in [0.4, 0.5) is 5.13 Å². The number of thiazole rings is 1. The number of aromatic nitrogens is 1. The number of aryl methyl sites for hydroxylation is 1. The molecule has 2 N–H and O–H groups in total. The topological polar surface area (TPSA) is 71.1 Å². The molecule has 2 aromatic rings. The summed E-state index contributed by atoms with van der Waals surface area (Å²) in [5.74, 6) is 0.639. The van der Waals surface area contributed by atoms with Gasteiger partial charge in [-0.2, -0.15) is 0 Å². The molecular weight excluding hydrogens is 358 g/mol. The van der Waals surface area contributed by atoms with Crippen molar-refractivity contribution in [2.45, 2.75) is 51.9 Å². The summed E-state index contributed by atoms with van der Waals surface area (Å²) in [6.45, 7) is 2.24. The smallest absolute Gasteiger partial charge is 0.226 e. The Balaban J connectivity index is 1.49. The van der Waals surface area contributed by atoms with Crippen molar-refractivity contribution in [2.24, 2.45) is 5.92 Å². The van der Waals surface area contributed by atoms with Crippen molar-refractivity contribution in [2.75, 3.05) is 11.9 Å². The van der Waals surface area contributed by atoms with Gasteiger partial charge in [-0.15, -0.1) is 11.3 Å². The van der Waals surface area contributed by atoms with Crippen molar-refractivity contribution in [3.63, 3.8) is 0 Å². The SMILES string of the molecule is CC(=O)NCCCc1ccc(-c2csc(NC(=O)CC3CCCC3)n2)cc1. The summed E-state index contributed by atoms with van der Waals surface area (Å²) in [5.41, 5.74) is 3.18. The van der Waals surface area contributed by atoms with Crippen LogP contribution >= 0.6 is 11.3 Å². The third-order valence-corrected chi connectivity index (χ3v) is 5.72. The van der Waals surface area contributed by atoms with Gasteiger partial charge in [-0.1, -0.05) is 37.1 Å². The zero-order chi connectivity index (χ0) is 19.1. The maximum absolute atomic E-state index is 12.2. The Morgan fingerprint density at radius 1 is 1.19 bits per heavy atom. The van der Waals surface area contributed by atoms with Crippen LogP contribution in [0.2, 0.25) is 0 Å². The fourth-order valence-corrected chi connectivity index (χ4v) is 4.25. The summed E-state index contributed by atoms with van der Waals surface area (Å²) in [6, 6.07) is 8.32. The molecule has 0 unspecified atom stereocenters. The summed E-state index contributed by atoms with van der Waals surface area (Å²) in [5, 5.41) is 8.42. The Morgan fingerprint density at radius 3 is 2.63 bits per heavy atom. The van der Waals surface area contributed by atoms with Crippen molar-refractivity contribution in [3.8, 4) is 11.3 Å². The summed E-state index contributed by atoms with van der Waals surface area (Å²) < 4.78 is 0. The highest BCUT2D eigenvalue weighted by Gasteiger charge is 2.19. The van der Waals surface area contributed by atoms with Crippen molar-refractivity contribution < 1.29 is 9.59 Å². The van der Waals surface area contributed by atoms with Crippen molar-refractivity contribution in [1.82, 2.24) is 10.3 Å². The molecule has 1 aromatic carbocycles. The Labute approximate surface area is 164 Å². The van der Waals surface area contributed by atoms with E-state index >= 15 is 0 Å². The van der Waals surface area contributed by atoms with E-state index in [1.165, 1.54) is 49.5 Å². The van der Waals surface area contributed by atoms with E-state index in [0.29, 0.717) is 24.0 Å². The molecule has 1 aliphatic rings. The Morgan fingerprint density at radius 2 is 1.93 bits per heavy atom. The molecule has 1 aliphatic carbocycles. The van der Waals surface area contributed by atoms with Crippen molar-refractivity contribution in [1.29, 1.82) is 0 Å². The predicted molar refractivity (Wildman–Crippen MR) is 110 cm³/mol. The molecular formula is C21H27N3O2S. The highest BCUT2D eigenvalue weighted by molar-refractivity contribution is 7.14. The lowest BCUT2D eigenvalue weighted by Crippen LogP contribution is -2.21. The molecule has 2 amide bonds. The van der Waals surface area contributed by atoms with Gasteiger partial charge in [0.05, 0.1) is 5.69 Å². The van der Waals surface area contributed by atoms with E-state index in [2.05, 4.69) is 39.9 Å². The lowest BCUT2D eigenvalue weighted by molar-refractivity contribution is -0.119. The average Bonchev–Trinajstić information content (AvgIpc) is 3.31. The van der Waals surface area contributed by atoms with Crippen LogP contribution in [0, 0.1) is 5.92 Å². The first-order valence-electron chi connectivity index (χ1n) is 9.69. The van der Waals surface area contributed by atoms with E-state index in [4.69, 9.17) is 0 Å². The number of amides is 2. The van der Waals surface area contributed by atoms with Gasteiger partial charge in [0.1, 0.15) is 0 Å². The average molecular weight is 386 g/mol. The number of nitrogens with zero attached hydrogens (tertiary/aromatic N) is 1. The van der Waals surface area contributed by atoms with Gasteiger partial charge in [-0.05, 0) is 37.2 Å². The highest BCUT2D eigenvalue weighted by atomic mass is 32.1. The van der Waals surface area contributed by atoms with E-state index in [1.807, 2.05) is 5.38 Å². The van der Waals surface area contributed by atoms with Crippen LogP contribution in [0.3, 0.4) is 0 Å². The normalized spacial score (nSPS) is 14.3. The molecule has 1 aromatic heterocycles. The van der Waals surface area contributed by atoms with Gasteiger partial charge in [0.15, 0.2) is 5.13 Å². The monoisotopic (exact) mass is 385 g/mol. The minimum atomic E-state index is 0.0139. The van der Waals surface area contributed by atoms with Crippen molar-refractivity contribution >= 4 is 28.3 Å². The molecule has 0 aliphatic heterocycles. The zero-order valence-electron chi connectivity index (χ0n) is 15.8. The summed E-state index contributed by atoms with van der Waals surface area (Å²) in [7, 11) is 0. The Kier molecular flexibility index (Phi) is 6.98. The number of rotatable bonds is 8. The maximum Gasteiger partial charge on any atom is 0.226 e. The first-order valence-corrected chi connectivity index (χ1v) is 10.6. The quantitative estimate of drug-likeness (QED) is 0.662. The van der Waals surface area contributed by atoms with E-state index < -0.39 is 0 Å². The van der Waals surface area contributed by atoms with Crippen LogP contribution in [0.5, 0.6) is 0 Å². The number of carbonyl (C=O) groups excluding carboxylic acids is 2. The molecule has 0 atom stereocenters. The second kappa shape index (κ2) is 9.65. The Bertz CT molecular complexity index is 764. The van der Waals surface area contributed by atoms with Crippen LogP contribution < -0.4 is 10.6 Å². The summed E-state index contributed by atoms with van der Waals surface area (Å²) in [4.78, 5) is 27.6. The van der Waals surface area contributed by atoms with Gasteiger partial charge in [0.25, 0.3) is 0 Å². The molecule has 144 valence electrons. The minimum absolute atomic E-state index is 0.0139. The van der Waals surface area contributed by atoms with Crippen molar-refractivity contribution in [3.05, 3.63) is 35.2 Å². The molecule has 6 heteroatoms.